The molecule has 0 saturated heterocycles. The molecule has 6 aromatic carbocycles. The Bertz CT molecular complexity index is 2280. The van der Waals surface area contributed by atoms with Crippen LogP contribution in [0.25, 0.3) is 56.1 Å². The van der Waals surface area contributed by atoms with Gasteiger partial charge in [0.05, 0.1) is 22.4 Å². The van der Waals surface area contributed by atoms with E-state index in [0.717, 1.165) is 73.7 Å². The molecule has 0 aliphatic rings. The second-order valence-electron chi connectivity index (χ2n) is 11.2. The summed E-state index contributed by atoms with van der Waals surface area (Å²) in [6.07, 6.45) is 0.965. The molecule has 46 heavy (non-hydrogen) atoms. The fraction of sp³-hybridized carbons (Fsp3) is 0.0488. The molecule has 0 radical (unpaired) electrons. The molecule has 8 rings (SSSR count). The molecular formula is C41H30N4O. The average molecular weight is 595 g/mol. The number of hydrogen-bond donors (Lipinski definition) is 0. The lowest BCUT2D eigenvalue weighted by atomic mass is 10.0. The van der Waals surface area contributed by atoms with Crippen molar-refractivity contribution in [3.05, 3.63) is 157 Å². The smallest absolute Gasteiger partial charge is 0.227 e. The maximum absolute atomic E-state index is 6.11. The quantitative estimate of drug-likeness (QED) is 0.184. The number of para-hydroxylation sites is 3. The Labute approximate surface area is 267 Å². The highest BCUT2D eigenvalue weighted by molar-refractivity contribution is 5.87. The first-order valence-electron chi connectivity index (χ1n) is 15.5. The van der Waals surface area contributed by atoms with Crippen molar-refractivity contribution in [2.24, 2.45) is 0 Å². The zero-order valence-corrected chi connectivity index (χ0v) is 25.3. The summed E-state index contributed by atoms with van der Waals surface area (Å²) in [7, 11) is 0. The molecule has 0 unspecified atom stereocenters. The zero-order valence-electron chi connectivity index (χ0n) is 25.3. The molecule has 0 spiro atoms. The maximum atomic E-state index is 6.11. The molecule has 5 nitrogen and oxygen atoms in total. The van der Waals surface area contributed by atoms with E-state index >= 15 is 0 Å². The lowest BCUT2D eigenvalue weighted by Crippen LogP contribution is -2.09. The Morgan fingerprint density at radius 1 is 0.478 bits per heavy atom. The summed E-state index contributed by atoms with van der Waals surface area (Å²) in [5.41, 5.74) is 12.5. The molecule has 220 valence electrons. The number of benzene rings is 6. The van der Waals surface area contributed by atoms with Crippen molar-refractivity contribution in [2.75, 3.05) is 4.90 Å². The van der Waals surface area contributed by atoms with Crippen LogP contribution in [0.2, 0.25) is 0 Å². The molecule has 0 saturated carbocycles. The standard InChI is InChI=1S/C41H30N4O/c1-2-28-17-26-38-37(27-28)44-41(46-38)31-20-24-34(25-21-31)45(32-13-7-4-8-14-32)33-22-18-30(19-23-33)40-39(29-11-5-3-6-12-29)42-35-15-9-10-16-36(35)43-40/h3-27H,2H2,1H3. The van der Waals surface area contributed by atoms with Crippen molar-refractivity contribution in [1.29, 1.82) is 0 Å². The Kier molecular flexibility index (Phi) is 7.04. The summed E-state index contributed by atoms with van der Waals surface area (Å²) in [5.74, 6) is 0.621. The fourth-order valence-electron chi connectivity index (χ4n) is 5.86. The number of nitrogens with zero attached hydrogens (tertiary/aromatic N) is 4. The van der Waals surface area contributed by atoms with Crippen LogP contribution in [0.5, 0.6) is 0 Å². The van der Waals surface area contributed by atoms with E-state index in [4.69, 9.17) is 19.4 Å². The van der Waals surface area contributed by atoms with Crippen LogP contribution in [0.4, 0.5) is 17.1 Å². The predicted octanol–water partition coefficient (Wildman–Crippen LogP) is 10.8. The van der Waals surface area contributed by atoms with E-state index in [9.17, 15) is 0 Å². The molecule has 0 atom stereocenters. The van der Waals surface area contributed by atoms with Crippen molar-refractivity contribution < 1.29 is 4.42 Å². The molecule has 0 amide bonds. The van der Waals surface area contributed by atoms with Gasteiger partial charge in [0.1, 0.15) is 5.52 Å². The van der Waals surface area contributed by atoms with Gasteiger partial charge < -0.3 is 9.32 Å². The molecule has 0 aliphatic carbocycles. The van der Waals surface area contributed by atoms with Crippen LogP contribution in [-0.2, 0) is 6.42 Å². The van der Waals surface area contributed by atoms with Gasteiger partial charge in [-0.1, -0.05) is 85.8 Å². The highest BCUT2D eigenvalue weighted by atomic mass is 16.3. The van der Waals surface area contributed by atoms with Gasteiger partial charge in [-0.05, 0) is 84.8 Å². The van der Waals surface area contributed by atoms with Crippen molar-refractivity contribution in [1.82, 2.24) is 15.0 Å². The lowest BCUT2D eigenvalue weighted by Gasteiger charge is -2.25. The van der Waals surface area contributed by atoms with E-state index in [1.54, 1.807) is 0 Å². The minimum atomic E-state index is 0.621. The summed E-state index contributed by atoms with van der Waals surface area (Å²) in [6.45, 7) is 2.15. The Hall–Kier alpha value is -6.07. The number of oxazole rings is 1. The van der Waals surface area contributed by atoms with E-state index < -0.39 is 0 Å². The number of hydrogen-bond acceptors (Lipinski definition) is 5. The number of aryl methyl sites for hydroxylation is 1. The van der Waals surface area contributed by atoms with Crippen LogP contribution in [0.1, 0.15) is 12.5 Å². The molecule has 2 aromatic heterocycles. The monoisotopic (exact) mass is 594 g/mol. The number of aromatic nitrogens is 3. The van der Waals surface area contributed by atoms with Crippen molar-refractivity contribution in [3.63, 3.8) is 0 Å². The highest BCUT2D eigenvalue weighted by Crippen LogP contribution is 2.38. The number of rotatable bonds is 7. The topological polar surface area (TPSA) is 55.1 Å². The normalized spacial score (nSPS) is 11.2. The van der Waals surface area contributed by atoms with Crippen LogP contribution in [0.3, 0.4) is 0 Å². The van der Waals surface area contributed by atoms with Gasteiger partial charge in [-0.25, -0.2) is 15.0 Å². The van der Waals surface area contributed by atoms with Crippen LogP contribution in [0, 0.1) is 0 Å². The molecule has 0 bridgehead atoms. The molecule has 8 aromatic rings. The van der Waals surface area contributed by atoms with Gasteiger partial charge in [0.25, 0.3) is 0 Å². The SMILES string of the molecule is CCc1ccc2oc(-c3ccc(N(c4ccccc4)c4ccc(-c5nc6ccccc6nc5-c5ccccc5)cc4)cc3)nc2c1. The molecule has 5 heteroatoms. The zero-order chi connectivity index (χ0) is 30.9. The van der Waals surface area contributed by atoms with E-state index in [1.165, 1.54) is 5.56 Å². The molecule has 0 aliphatic heterocycles. The first kappa shape index (κ1) is 27.5. The van der Waals surface area contributed by atoms with Gasteiger partial charge in [0.2, 0.25) is 5.89 Å². The first-order valence-corrected chi connectivity index (χ1v) is 15.5. The van der Waals surface area contributed by atoms with Gasteiger partial charge in [-0.15, -0.1) is 0 Å². The Balaban J connectivity index is 1.17. The maximum Gasteiger partial charge on any atom is 0.227 e. The van der Waals surface area contributed by atoms with E-state index in [1.807, 2.05) is 54.6 Å². The summed E-state index contributed by atoms with van der Waals surface area (Å²) in [4.78, 5) is 17.2. The molecular weight excluding hydrogens is 564 g/mol. The van der Waals surface area contributed by atoms with Crippen molar-refractivity contribution in [2.45, 2.75) is 13.3 Å². The molecule has 0 fully saturated rings. The number of anilines is 3. The largest absolute Gasteiger partial charge is 0.436 e. The number of fused-ring (bicyclic) bond motifs is 2. The second kappa shape index (κ2) is 11.8. The van der Waals surface area contributed by atoms with E-state index in [2.05, 4.69) is 109 Å². The van der Waals surface area contributed by atoms with Crippen molar-refractivity contribution in [3.8, 4) is 34.0 Å². The summed E-state index contributed by atoms with van der Waals surface area (Å²) in [5, 5.41) is 0. The van der Waals surface area contributed by atoms with Crippen molar-refractivity contribution >= 4 is 39.2 Å². The Morgan fingerprint density at radius 2 is 1.00 bits per heavy atom. The molecule has 0 N–H and O–H groups in total. The van der Waals surface area contributed by atoms with Gasteiger partial charge in [0.15, 0.2) is 5.58 Å². The highest BCUT2D eigenvalue weighted by Gasteiger charge is 2.17. The van der Waals surface area contributed by atoms with Crippen LogP contribution in [-0.4, -0.2) is 15.0 Å². The minimum Gasteiger partial charge on any atom is -0.436 e. The van der Waals surface area contributed by atoms with Gasteiger partial charge in [-0.3, -0.25) is 0 Å². The Morgan fingerprint density at radius 3 is 1.61 bits per heavy atom. The molecule has 2 heterocycles. The van der Waals surface area contributed by atoms with E-state index in [0.29, 0.717) is 5.89 Å². The van der Waals surface area contributed by atoms with E-state index in [-0.39, 0.29) is 0 Å². The van der Waals surface area contributed by atoms with Gasteiger partial charge >= 0.3 is 0 Å². The average Bonchev–Trinajstić information content (AvgIpc) is 3.56. The minimum absolute atomic E-state index is 0.621. The predicted molar refractivity (Wildman–Crippen MR) is 187 cm³/mol. The third-order valence-electron chi connectivity index (χ3n) is 8.26. The second-order valence-corrected chi connectivity index (χ2v) is 11.2. The van der Waals surface area contributed by atoms with Gasteiger partial charge in [-0.2, -0.15) is 0 Å². The summed E-state index contributed by atoms with van der Waals surface area (Å²) in [6, 6.07) is 51.8. The lowest BCUT2D eigenvalue weighted by molar-refractivity contribution is 0.620. The summed E-state index contributed by atoms with van der Waals surface area (Å²) < 4.78 is 6.11. The first-order chi connectivity index (χ1) is 22.7. The van der Waals surface area contributed by atoms with Gasteiger partial charge in [0, 0.05) is 33.8 Å². The fourth-order valence-corrected chi connectivity index (χ4v) is 5.86. The summed E-state index contributed by atoms with van der Waals surface area (Å²) >= 11 is 0. The third-order valence-corrected chi connectivity index (χ3v) is 8.26. The van der Waals surface area contributed by atoms with Crippen LogP contribution < -0.4 is 4.90 Å². The van der Waals surface area contributed by atoms with Crippen LogP contribution in [0.15, 0.2) is 156 Å². The third kappa shape index (κ3) is 5.18. The van der Waals surface area contributed by atoms with Crippen LogP contribution >= 0.6 is 0 Å².